The average molecular weight is 352 g/mol. The zero-order valence-corrected chi connectivity index (χ0v) is 14.6. The number of hydrogen-bond acceptors (Lipinski definition) is 4. The fourth-order valence-corrected chi connectivity index (χ4v) is 2.65. The normalized spacial score (nSPS) is 11.8. The van der Waals surface area contributed by atoms with E-state index in [1.165, 1.54) is 12.1 Å². The minimum atomic E-state index is -0.264. The van der Waals surface area contributed by atoms with Crippen LogP contribution >= 0.6 is 0 Å². The molecule has 5 heteroatoms. The van der Waals surface area contributed by atoms with Gasteiger partial charge in [-0.25, -0.2) is 4.39 Å². The van der Waals surface area contributed by atoms with Gasteiger partial charge in [0.05, 0.1) is 18.8 Å². The number of rotatable bonds is 7. The van der Waals surface area contributed by atoms with Gasteiger partial charge in [0.1, 0.15) is 12.4 Å². The van der Waals surface area contributed by atoms with Crippen molar-refractivity contribution < 1.29 is 13.9 Å². The average Bonchev–Trinajstić information content (AvgIpc) is 2.68. The van der Waals surface area contributed by atoms with Gasteiger partial charge < -0.3 is 15.2 Å². The Labute approximate surface area is 152 Å². The van der Waals surface area contributed by atoms with Gasteiger partial charge >= 0.3 is 0 Å². The molecular formula is C21H21FN2O2. The maximum Gasteiger partial charge on any atom is 0.161 e. The van der Waals surface area contributed by atoms with Crippen molar-refractivity contribution >= 4 is 0 Å². The van der Waals surface area contributed by atoms with E-state index in [1.807, 2.05) is 36.4 Å². The van der Waals surface area contributed by atoms with E-state index in [1.54, 1.807) is 25.4 Å². The molecule has 0 aliphatic carbocycles. The van der Waals surface area contributed by atoms with Gasteiger partial charge in [-0.2, -0.15) is 0 Å². The van der Waals surface area contributed by atoms with Crippen molar-refractivity contribution in [2.45, 2.75) is 19.1 Å². The molecule has 0 saturated heterocycles. The Morgan fingerprint density at radius 1 is 1.00 bits per heavy atom. The first kappa shape index (κ1) is 17.9. The molecule has 3 aromatic rings. The molecule has 0 bridgehead atoms. The predicted molar refractivity (Wildman–Crippen MR) is 98.6 cm³/mol. The highest BCUT2D eigenvalue weighted by Gasteiger charge is 2.11. The van der Waals surface area contributed by atoms with Gasteiger partial charge in [0.2, 0.25) is 0 Å². The van der Waals surface area contributed by atoms with Crippen LogP contribution in [0.5, 0.6) is 11.5 Å². The Balaban J connectivity index is 1.68. The lowest BCUT2D eigenvalue weighted by molar-refractivity contribution is 0.284. The molecule has 1 heterocycles. The highest BCUT2D eigenvalue weighted by Crippen LogP contribution is 2.30. The Morgan fingerprint density at radius 3 is 2.46 bits per heavy atom. The molecule has 1 unspecified atom stereocenters. The first-order chi connectivity index (χ1) is 12.7. The molecule has 4 nitrogen and oxygen atoms in total. The van der Waals surface area contributed by atoms with E-state index < -0.39 is 0 Å². The van der Waals surface area contributed by atoms with Crippen molar-refractivity contribution in [3.63, 3.8) is 0 Å². The highest BCUT2D eigenvalue weighted by atomic mass is 19.1. The topological polar surface area (TPSA) is 57.4 Å². The highest BCUT2D eigenvalue weighted by molar-refractivity contribution is 5.43. The standard InChI is InChI=1S/C21H21FN2O2/c1-25-21-13-16(12-18(23)19-4-2-3-11-24-19)7-10-20(21)26-14-15-5-8-17(22)9-6-15/h2-11,13,18H,12,14,23H2,1H3. The second-order valence-corrected chi connectivity index (χ2v) is 5.97. The quantitative estimate of drug-likeness (QED) is 0.697. The third-order valence-electron chi connectivity index (χ3n) is 4.06. The summed E-state index contributed by atoms with van der Waals surface area (Å²) in [5.41, 5.74) is 9.01. The van der Waals surface area contributed by atoms with E-state index in [9.17, 15) is 4.39 Å². The van der Waals surface area contributed by atoms with Gasteiger partial charge in [0.15, 0.2) is 11.5 Å². The molecule has 26 heavy (non-hydrogen) atoms. The fraction of sp³-hybridized carbons (Fsp3) is 0.190. The minimum absolute atomic E-state index is 0.188. The number of hydrogen-bond donors (Lipinski definition) is 1. The van der Waals surface area contributed by atoms with Gasteiger partial charge in [-0.15, -0.1) is 0 Å². The smallest absolute Gasteiger partial charge is 0.161 e. The molecule has 0 amide bonds. The third kappa shape index (κ3) is 4.58. The molecule has 0 radical (unpaired) electrons. The third-order valence-corrected chi connectivity index (χ3v) is 4.06. The lowest BCUT2D eigenvalue weighted by atomic mass is 10.0. The zero-order chi connectivity index (χ0) is 18.4. The van der Waals surface area contributed by atoms with Crippen LogP contribution in [0, 0.1) is 5.82 Å². The summed E-state index contributed by atoms with van der Waals surface area (Å²) in [6.45, 7) is 0.337. The van der Waals surface area contributed by atoms with E-state index >= 15 is 0 Å². The zero-order valence-electron chi connectivity index (χ0n) is 14.6. The van der Waals surface area contributed by atoms with Crippen LogP contribution < -0.4 is 15.2 Å². The molecule has 1 aromatic heterocycles. The Morgan fingerprint density at radius 2 is 1.77 bits per heavy atom. The van der Waals surface area contributed by atoms with Crippen molar-refractivity contribution in [1.29, 1.82) is 0 Å². The summed E-state index contributed by atoms with van der Waals surface area (Å²) >= 11 is 0. The number of nitrogens with zero attached hydrogens (tertiary/aromatic N) is 1. The molecule has 0 spiro atoms. The molecule has 2 aromatic carbocycles. The van der Waals surface area contributed by atoms with Crippen molar-refractivity contribution in [2.24, 2.45) is 5.73 Å². The van der Waals surface area contributed by atoms with Crippen LogP contribution in [0.4, 0.5) is 4.39 Å². The van der Waals surface area contributed by atoms with Crippen molar-refractivity contribution in [3.8, 4) is 11.5 Å². The molecule has 2 N–H and O–H groups in total. The summed E-state index contributed by atoms with van der Waals surface area (Å²) in [4.78, 5) is 4.30. The number of nitrogens with two attached hydrogens (primary N) is 1. The lowest BCUT2D eigenvalue weighted by Crippen LogP contribution is -2.14. The largest absolute Gasteiger partial charge is 0.493 e. The number of halogens is 1. The van der Waals surface area contributed by atoms with Crippen LogP contribution in [0.15, 0.2) is 66.9 Å². The fourth-order valence-electron chi connectivity index (χ4n) is 2.65. The van der Waals surface area contributed by atoms with E-state index in [0.29, 0.717) is 24.5 Å². The summed E-state index contributed by atoms with van der Waals surface area (Å²) in [7, 11) is 1.60. The van der Waals surface area contributed by atoms with E-state index in [4.69, 9.17) is 15.2 Å². The molecule has 1 atom stereocenters. The maximum absolute atomic E-state index is 13.0. The predicted octanol–water partition coefficient (Wildman–Crippen LogP) is 4.05. The number of methoxy groups -OCH3 is 1. The molecule has 134 valence electrons. The number of benzene rings is 2. The van der Waals surface area contributed by atoms with E-state index in [0.717, 1.165) is 16.8 Å². The summed E-state index contributed by atoms with van der Waals surface area (Å²) in [5.74, 6) is 1.00. The van der Waals surface area contributed by atoms with Crippen LogP contribution in [0.2, 0.25) is 0 Å². The molecule has 0 aliphatic heterocycles. The van der Waals surface area contributed by atoms with Gasteiger partial charge in [-0.3, -0.25) is 4.98 Å². The van der Waals surface area contributed by atoms with Crippen molar-refractivity contribution in [3.05, 3.63) is 89.5 Å². The first-order valence-corrected chi connectivity index (χ1v) is 8.36. The second-order valence-electron chi connectivity index (χ2n) is 5.97. The van der Waals surface area contributed by atoms with E-state index in [-0.39, 0.29) is 11.9 Å². The van der Waals surface area contributed by atoms with Gasteiger partial charge in [0.25, 0.3) is 0 Å². The molecule has 3 rings (SSSR count). The lowest BCUT2D eigenvalue weighted by Gasteiger charge is -2.15. The monoisotopic (exact) mass is 352 g/mol. The van der Waals surface area contributed by atoms with Crippen molar-refractivity contribution in [2.75, 3.05) is 7.11 Å². The number of pyridine rings is 1. The van der Waals surface area contributed by atoms with Crippen LogP contribution in [0.1, 0.15) is 22.9 Å². The molecule has 0 aliphatic rings. The van der Waals surface area contributed by atoms with E-state index in [2.05, 4.69) is 4.98 Å². The summed E-state index contributed by atoms with van der Waals surface area (Å²) in [6.07, 6.45) is 2.38. The maximum atomic E-state index is 13.0. The van der Waals surface area contributed by atoms with Crippen LogP contribution in [0.25, 0.3) is 0 Å². The molecule has 0 fully saturated rings. The first-order valence-electron chi connectivity index (χ1n) is 8.36. The SMILES string of the molecule is COc1cc(CC(N)c2ccccn2)ccc1OCc1ccc(F)cc1. The second kappa shape index (κ2) is 8.45. The Bertz CT molecular complexity index is 838. The van der Waals surface area contributed by atoms with Gasteiger partial charge in [-0.05, 0) is 53.9 Å². The summed E-state index contributed by atoms with van der Waals surface area (Å²) in [5, 5.41) is 0. The summed E-state index contributed by atoms with van der Waals surface area (Å²) in [6, 6.07) is 17.5. The van der Waals surface area contributed by atoms with Gasteiger partial charge in [0, 0.05) is 6.20 Å². The number of aromatic nitrogens is 1. The summed E-state index contributed by atoms with van der Waals surface area (Å²) < 4.78 is 24.2. The Hall–Kier alpha value is -2.92. The van der Waals surface area contributed by atoms with Gasteiger partial charge in [-0.1, -0.05) is 24.3 Å². The Kier molecular flexibility index (Phi) is 5.81. The van der Waals surface area contributed by atoms with Crippen LogP contribution in [0.3, 0.4) is 0 Å². The molecular weight excluding hydrogens is 331 g/mol. The van der Waals surface area contributed by atoms with Crippen molar-refractivity contribution in [1.82, 2.24) is 4.98 Å². The number of ether oxygens (including phenoxy) is 2. The van der Waals surface area contributed by atoms with Crippen LogP contribution in [-0.4, -0.2) is 12.1 Å². The minimum Gasteiger partial charge on any atom is -0.493 e. The molecule has 0 saturated carbocycles. The van der Waals surface area contributed by atoms with Crippen LogP contribution in [-0.2, 0) is 13.0 Å².